The topological polar surface area (TPSA) is 75.7 Å². The lowest BCUT2D eigenvalue weighted by molar-refractivity contribution is 0.402. The van der Waals surface area contributed by atoms with Crippen molar-refractivity contribution in [1.82, 2.24) is 19.9 Å². The molecule has 0 bridgehead atoms. The molecule has 6 nitrogen and oxygen atoms in total. The molecule has 27 heavy (non-hydrogen) atoms. The molecule has 136 valence electrons. The Hall–Kier alpha value is -3.12. The van der Waals surface area contributed by atoms with E-state index >= 15 is 0 Å². The predicted molar refractivity (Wildman–Crippen MR) is 106 cm³/mol. The maximum Gasteiger partial charge on any atom is 0.226 e. The van der Waals surface area contributed by atoms with Crippen molar-refractivity contribution in [3.63, 3.8) is 0 Å². The van der Waals surface area contributed by atoms with Crippen LogP contribution in [0, 0.1) is 0 Å². The van der Waals surface area contributed by atoms with Gasteiger partial charge < -0.3 is 15.0 Å². The molecule has 3 aromatic heterocycles. The summed E-state index contributed by atoms with van der Waals surface area (Å²) in [5, 5.41) is 4.94. The van der Waals surface area contributed by atoms with Gasteiger partial charge in [-0.25, -0.2) is 15.0 Å². The van der Waals surface area contributed by atoms with Crippen LogP contribution in [0.1, 0.15) is 16.7 Å². The Morgan fingerprint density at radius 2 is 1.96 bits per heavy atom. The highest BCUT2D eigenvalue weighted by Crippen LogP contribution is 2.26. The van der Waals surface area contributed by atoms with E-state index in [2.05, 4.69) is 31.3 Å². The molecule has 0 aliphatic carbocycles. The van der Waals surface area contributed by atoms with Crippen LogP contribution in [0.15, 0.2) is 55.1 Å². The summed E-state index contributed by atoms with van der Waals surface area (Å²) >= 11 is 6.18. The van der Waals surface area contributed by atoms with E-state index in [-0.39, 0.29) is 0 Å². The van der Waals surface area contributed by atoms with E-state index in [1.807, 2.05) is 42.7 Å². The second-order valence-electron chi connectivity index (χ2n) is 6.09. The summed E-state index contributed by atoms with van der Waals surface area (Å²) in [6.07, 6.45) is 6.00. The lowest BCUT2D eigenvalue weighted by Gasteiger charge is -2.08. The number of fused-ring (bicyclic) bond motifs is 1. The van der Waals surface area contributed by atoms with Crippen LogP contribution < -0.4 is 10.1 Å². The smallest absolute Gasteiger partial charge is 0.226 e. The van der Waals surface area contributed by atoms with Crippen LogP contribution >= 0.6 is 11.6 Å². The average molecular weight is 380 g/mol. The van der Waals surface area contributed by atoms with E-state index in [1.165, 1.54) is 6.33 Å². The number of nitrogens with zero attached hydrogens (tertiary/aromatic N) is 3. The number of hydrogen-bond acceptors (Lipinski definition) is 5. The van der Waals surface area contributed by atoms with E-state index in [4.69, 9.17) is 16.3 Å². The number of pyridine rings is 1. The standard InChI is InChI=1S/C20H18ClN5O/c1-27-20-18-15(11-24-19(18)25-12-26-20)8-13-6-7-17(22-9-13)23-10-14-4-2-3-5-16(14)21/h2-7,9,11-12H,8,10H2,1H3,(H,22,23)(H,24,25,26). The van der Waals surface area contributed by atoms with E-state index in [0.29, 0.717) is 18.8 Å². The SMILES string of the molecule is COc1ncnc2[nH]cc(Cc3ccc(NCc4ccccc4Cl)nc3)c12. The highest BCUT2D eigenvalue weighted by molar-refractivity contribution is 6.31. The Bertz CT molecular complexity index is 1060. The minimum absolute atomic E-state index is 0.572. The highest BCUT2D eigenvalue weighted by Gasteiger charge is 2.12. The number of methoxy groups -OCH3 is 1. The lowest BCUT2D eigenvalue weighted by Crippen LogP contribution is -2.02. The molecule has 1 aromatic carbocycles. The number of halogens is 1. The maximum atomic E-state index is 6.18. The third-order valence-electron chi connectivity index (χ3n) is 4.35. The van der Waals surface area contributed by atoms with Gasteiger partial charge in [0.2, 0.25) is 5.88 Å². The first-order valence-electron chi connectivity index (χ1n) is 8.52. The quantitative estimate of drug-likeness (QED) is 0.524. The fourth-order valence-corrected chi connectivity index (χ4v) is 3.17. The molecular weight excluding hydrogens is 362 g/mol. The van der Waals surface area contributed by atoms with Crippen molar-refractivity contribution in [3.8, 4) is 5.88 Å². The second kappa shape index (κ2) is 7.63. The molecule has 7 heteroatoms. The van der Waals surface area contributed by atoms with Gasteiger partial charge in [-0.05, 0) is 28.8 Å². The van der Waals surface area contributed by atoms with Crippen molar-refractivity contribution < 1.29 is 4.74 Å². The monoisotopic (exact) mass is 379 g/mol. The fraction of sp³-hybridized carbons (Fsp3) is 0.150. The normalized spacial score (nSPS) is 10.9. The van der Waals surface area contributed by atoms with E-state index in [1.54, 1.807) is 7.11 Å². The number of anilines is 1. The third kappa shape index (κ3) is 3.71. The molecule has 0 fully saturated rings. The number of benzene rings is 1. The van der Waals surface area contributed by atoms with Crippen molar-refractivity contribution in [2.45, 2.75) is 13.0 Å². The van der Waals surface area contributed by atoms with Gasteiger partial charge in [-0.3, -0.25) is 0 Å². The summed E-state index contributed by atoms with van der Waals surface area (Å²) in [5.74, 6) is 1.38. The Morgan fingerprint density at radius 3 is 2.74 bits per heavy atom. The van der Waals surface area contributed by atoms with Gasteiger partial charge in [-0.1, -0.05) is 35.9 Å². The number of rotatable bonds is 6. The van der Waals surface area contributed by atoms with Gasteiger partial charge in [-0.2, -0.15) is 0 Å². The van der Waals surface area contributed by atoms with Crippen molar-refractivity contribution in [2.24, 2.45) is 0 Å². The molecule has 0 saturated carbocycles. The molecule has 3 heterocycles. The largest absolute Gasteiger partial charge is 0.480 e. The minimum atomic E-state index is 0.572. The molecule has 0 aliphatic heterocycles. The number of hydrogen-bond donors (Lipinski definition) is 2. The summed E-state index contributed by atoms with van der Waals surface area (Å²) in [4.78, 5) is 16.1. The highest BCUT2D eigenvalue weighted by atomic mass is 35.5. The first kappa shape index (κ1) is 17.3. The van der Waals surface area contributed by atoms with Gasteiger partial charge in [0.25, 0.3) is 0 Å². The van der Waals surface area contributed by atoms with Crippen molar-refractivity contribution in [1.29, 1.82) is 0 Å². The molecule has 2 N–H and O–H groups in total. The van der Waals surface area contributed by atoms with Gasteiger partial charge in [0.05, 0.1) is 12.5 Å². The zero-order chi connectivity index (χ0) is 18.6. The van der Waals surface area contributed by atoms with Crippen LogP contribution in [0.4, 0.5) is 5.82 Å². The number of nitrogens with one attached hydrogen (secondary N) is 2. The van der Waals surface area contributed by atoms with Crippen LogP contribution in [-0.2, 0) is 13.0 Å². The van der Waals surface area contributed by atoms with Gasteiger partial charge in [0, 0.05) is 30.4 Å². The maximum absolute atomic E-state index is 6.18. The van der Waals surface area contributed by atoms with Crippen LogP contribution in [0.5, 0.6) is 5.88 Å². The number of aromatic amines is 1. The van der Waals surface area contributed by atoms with E-state index < -0.39 is 0 Å². The van der Waals surface area contributed by atoms with Gasteiger partial charge in [-0.15, -0.1) is 0 Å². The summed E-state index contributed by atoms with van der Waals surface area (Å²) in [6, 6.07) is 11.8. The molecule has 0 amide bonds. The van der Waals surface area contributed by atoms with E-state index in [9.17, 15) is 0 Å². The number of H-pyrrole nitrogens is 1. The molecule has 4 rings (SSSR count). The zero-order valence-corrected chi connectivity index (χ0v) is 15.5. The van der Waals surface area contributed by atoms with Gasteiger partial charge in [0.15, 0.2) is 0 Å². The van der Waals surface area contributed by atoms with Crippen LogP contribution in [0.25, 0.3) is 11.0 Å². The molecule has 0 unspecified atom stereocenters. The first-order valence-corrected chi connectivity index (χ1v) is 8.89. The van der Waals surface area contributed by atoms with Crippen molar-refractivity contribution in [2.75, 3.05) is 12.4 Å². The fourth-order valence-electron chi connectivity index (χ4n) is 2.97. The molecular formula is C20H18ClN5O. The molecule has 0 saturated heterocycles. The molecule has 0 aliphatic rings. The molecule has 0 atom stereocenters. The van der Waals surface area contributed by atoms with Crippen molar-refractivity contribution >= 4 is 28.5 Å². The Balaban J connectivity index is 1.48. The lowest BCUT2D eigenvalue weighted by atomic mass is 10.1. The summed E-state index contributed by atoms with van der Waals surface area (Å²) in [6.45, 7) is 0.628. The van der Waals surface area contributed by atoms with E-state index in [0.717, 1.165) is 38.6 Å². The Morgan fingerprint density at radius 1 is 1.07 bits per heavy atom. The summed E-state index contributed by atoms with van der Waals surface area (Å²) in [5.41, 5.74) is 3.96. The Kier molecular flexibility index (Phi) is 4.89. The molecule has 4 aromatic rings. The number of ether oxygens (including phenoxy) is 1. The first-order chi connectivity index (χ1) is 13.2. The van der Waals surface area contributed by atoms with Gasteiger partial charge in [0.1, 0.15) is 17.8 Å². The van der Waals surface area contributed by atoms with Crippen LogP contribution in [0.3, 0.4) is 0 Å². The van der Waals surface area contributed by atoms with Gasteiger partial charge >= 0.3 is 0 Å². The summed E-state index contributed by atoms with van der Waals surface area (Å²) < 4.78 is 5.36. The summed E-state index contributed by atoms with van der Waals surface area (Å²) in [7, 11) is 1.61. The second-order valence-corrected chi connectivity index (χ2v) is 6.50. The molecule has 0 spiro atoms. The van der Waals surface area contributed by atoms with Crippen molar-refractivity contribution in [3.05, 3.63) is 76.8 Å². The predicted octanol–water partition coefficient (Wildman–Crippen LogP) is 4.22. The molecule has 0 radical (unpaired) electrons. The van der Waals surface area contributed by atoms with Crippen LogP contribution in [0.2, 0.25) is 5.02 Å². The third-order valence-corrected chi connectivity index (χ3v) is 4.72. The van der Waals surface area contributed by atoms with Crippen LogP contribution in [-0.4, -0.2) is 27.0 Å². The Labute approximate surface area is 161 Å². The minimum Gasteiger partial charge on any atom is -0.480 e. The number of aromatic nitrogens is 4. The average Bonchev–Trinajstić information content (AvgIpc) is 3.11. The zero-order valence-electron chi connectivity index (χ0n) is 14.7.